The first kappa shape index (κ1) is 15.4. The molecule has 0 saturated heterocycles. The minimum absolute atomic E-state index is 0.0623. The molecule has 0 atom stereocenters. The average Bonchev–Trinajstić information content (AvgIpc) is 3.01. The molecule has 1 aromatic carbocycles. The van der Waals surface area contributed by atoms with Crippen LogP contribution in [-0.2, 0) is 0 Å². The normalized spacial score (nSPS) is 11.0. The summed E-state index contributed by atoms with van der Waals surface area (Å²) in [5, 5.41) is 4.33. The van der Waals surface area contributed by atoms with Gasteiger partial charge in [-0.2, -0.15) is 5.10 Å². The first-order valence-corrected chi connectivity index (χ1v) is 7.27. The van der Waals surface area contributed by atoms with Gasteiger partial charge < -0.3 is 4.74 Å². The summed E-state index contributed by atoms with van der Waals surface area (Å²) in [5.41, 5.74) is 0.469. The highest BCUT2D eigenvalue weighted by atomic mass is 35.5. The Morgan fingerprint density at radius 3 is 2.74 bits per heavy atom. The van der Waals surface area contributed by atoms with Crippen LogP contribution in [0.4, 0.5) is 4.39 Å². The van der Waals surface area contributed by atoms with Gasteiger partial charge in [-0.3, -0.25) is 0 Å². The summed E-state index contributed by atoms with van der Waals surface area (Å²) in [6, 6.07) is 4.21. The number of benzene rings is 1. The minimum atomic E-state index is -0.402. The van der Waals surface area contributed by atoms with E-state index in [0.29, 0.717) is 17.1 Å². The lowest BCUT2D eigenvalue weighted by Gasteiger charge is -2.14. The van der Waals surface area contributed by atoms with E-state index in [1.54, 1.807) is 4.68 Å². The Kier molecular flexibility index (Phi) is 4.20. The van der Waals surface area contributed by atoms with E-state index in [1.807, 2.05) is 13.8 Å². The van der Waals surface area contributed by atoms with Crippen LogP contribution in [0, 0.1) is 5.82 Å². The number of nitrogens with zero attached hydrogens (tertiary/aromatic N) is 5. The van der Waals surface area contributed by atoms with Gasteiger partial charge in [0.1, 0.15) is 24.2 Å². The highest BCUT2D eigenvalue weighted by Crippen LogP contribution is 2.35. The summed E-state index contributed by atoms with van der Waals surface area (Å²) in [5.74, 6) is 0.763. The number of rotatable bonds is 4. The second kappa shape index (κ2) is 6.29. The summed E-state index contributed by atoms with van der Waals surface area (Å²) >= 11 is 5.98. The fourth-order valence-electron chi connectivity index (χ4n) is 2.08. The fourth-order valence-corrected chi connectivity index (χ4v) is 2.21. The zero-order valence-corrected chi connectivity index (χ0v) is 13.2. The van der Waals surface area contributed by atoms with Gasteiger partial charge in [-0.05, 0) is 32.0 Å². The molecule has 3 rings (SSSR count). The highest BCUT2D eigenvalue weighted by Gasteiger charge is 2.17. The van der Waals surface area contributed by atoms with Crippen molar-refractivity contribution in [1.82, 2.24) is 24.7 Å². The summed E-state index contributed by atoms with van der Waals surface area (Å²) in [7, 11) is 0. The minimum Gasteiger partial charge on any atom is -0.452 e. The summed E-state index contributed by atoms with van der Waals surface area (Å²) < 4.78 is 21.2. The lowest BCUT2D eigenvalue weighted by molar-refractivity contribution is 0.474. The van der Waals surface area contributed by atoms with Crippen LogP contribution in [0.1, 0.15) is 19.9 Å². The molecule has 23 heavy (non-hydrogen) atoms. The Hall–Kier alpha value is -2.54. The van der Waals surface area contributed by atoms with Crippen molar-refractivity contribution in [3.05, 3.63) is 48.0 Å². The molecule has 3 aromatic rings. The predicted octanol–water partition coefficient (Wildman–Crippen LogP) is 3.90. The van der Waals surface area contributed by atoms with E-state index >= 15 is 0 Å². The predicted molar refractivity (Wildman–Crippen MR) is 82.9 cm³/mol. The van der Waals surface area contributed by atoms with Crippen LogP contribution in [0.5, 0.6) is 11.5 Å². The monoisotopic (exact) mass is 333 g/mol. The second-order valence-corrected chi connectivity index (χ2v) is 5.40. The van der Waals surface area contributed by atoms with Crippen molar-refractivity contribution in [3.63, 3.8) is 0 Å². The Labute approximate surface area is 136 Å². The third-order valence-corrected chi connectivity index (χ3v) is 3.38. The number of aromatic nitrogens is 5. The lowest BCUT2D eigenvalue weighted by atomic mass is 10.1. The van der Waals surface area contributed by atoms with Gasteiger partial charge in [-0.25, -0.2) is 24.0 Å². The maximum absolute atomic E-state index is 13.7. The zero-order valence-electron chi connectivity index (χ0n) is 12.4. The number of hydrogen-bond donors (Lipinski definition) is 0. The van der Waals surface area contributed by atoms with Crippen molar-refractivity contribution in [2.75, 3.05) is 0 Å². The van der Waals surface area contributed by atoms with Crippen LogP contribution in [0.3, 0.4) is 0 Å². The Balaban J connectivity index is 2.09. The van der Waals surface area contributed by atoms with Gasteiger partial charge in [0, 0.05) is 6.04 Å². The zero-order chi connectivity index (χ0) is 16.4. The Bertz CT molecular complexity index is 836. The van der Waals surface area contributed by atoms with Gasteiger partial charge in [0.2, 0.25) is 0 Å². The van der Waals surface area contributed by atoms with Crippen molar-refractivity contribution >= 4 is 11.6 Å². The molecule has 0 aliphatic heterocycles. The van der Waals surface area contributed by atoms with Crippen LogP contribution < -0.4 is 4.74 Å². The van der Waals surface area contributed by atoms with Crippen LogP contribution >= 0.6 is 11.6 Å². The molecule has 118 valence electrons. The van der Waals surface area contributed by atoms with Gasteiger partial charge in [0.15, 0.2) is 16.7 Å². The molecule has 0 unspecified atom stereocenters. The molecule has 0 saturated carbocycles. The van der Waals surface area contributed by atoms with Crippen molar-refractivity contribution in [3.8, 4) is 22.9 Å². The van der Waals surface area contributed by atoms with E-state index in [0.717, 1.165) is 0 Å². The van der Waals surface area contributed by atoms with Crippen LogP contribution in [0.2, 0.25) is 5.15 Å². The van der Waals surface area contributed by atoms with Crippen LogP contribution in [-0.4, -0.2) is 24.7 Å². The van der Waals surface area contributed by atoms with Gasteiger partial charge in [-0.1, -0.05) is 11.6 Å². The topological polar surface area (TPSA) is 65.7 Å². The quantitative estimate of drug-likeness (QED) is 0.677. The molecule has 0 fully saturated rings. The van der Waals surface area contributed by atoms with Gasteiger partial charge in [0.05, 0.1) is 11.8 Å². The third-order valence-electron chi connectivity index (χ3n) is 3.10. The largest absolute Gasteiger partial charge is 0.452 e. The molecule has 0 aliphatic rings. The number of halogens is 2. The van der Waals surface area contributed by atoms with Crippen molar-refractivity contribution in [1.29, 1.82) is 0 Å². The molecule has 8 heteroatoms. The second-order valence-electron chi connectivity index (χ2n) is 5.04. The molecule has 0 aliphatic carbocycles. The molecule has 0 bridgehead atoms. The first-order chi connectivity index (χ1) is 11.1. The molecule has 0 radical (unpaired) electrons. The van der Waals surface area contributed by atoms with E-state index in [1.165, 1.54) is 37.1 Å². The molecular weight excluding hydrogens is 321 g/mol. The standard InChI is InChI=1S/C15H13ClFN5O/c1-9(2)22-15(20-8-21-22)11-5-10(17)3-4-12(11)23-13-6-18-7-19-14(13)16/h3-9H,1-2H3. The molecular formula is C15H13ClFN5O. The smallest absolute Gasteiger partial charge is 0.183 e. The van der Waals surface area contributed by atoms with E-state index in [9.17, 15) is 4.39 Å². The lowest BCUT2D eigenvalue weighted by Crippen LogP contribution is -2.06. The fraction of sp³-hybridized carbons (Fsp3) is 0.200. The van der Waals surface area contributed by atoms with Gasteiger partial charge in [0.25, 0.3) is 0 Å². The summed E-state index contributed by atoms with van der Waals surface area (Å²) in [6.45, 7) is 3.92. The van der Waals surface area contributed by atoms with Crippen molar-refractivity contribution in [2.45, 2.75) is 19.9 Å². The van der Waals surface area contributed by atoms with E-state index < -0.39 is 5.82 Å². The average molecular weight is 334 g/mol. The highest BCUT2D eigenvalue weighted by molar-refractivity contribution is 6.30. The van der Waals surface area contributed by atoms with Crippen molar-refractivity contribution in [2.24, 2.45) is 0 Å². The van der Waals surface area contributed by atoms with Crippen LogP contribution in [0.15, 0.2) is 37.1 Å². The summed E-state index contributed by atoms with van der Waals surface area (Å²) in [4.78, 5) is 11.9. The van der Waals surface area contributed by atoms with E-state index in [4.69, 9.17) is 16.3 Å². The number of hydrogen-bond acceptors (Lipinski definition) is 5. The van der Waals surface area contributed by atoms with Gasteiger partial charge in [-0.15, -0.1) is 0 Å². The van der Waals surface area contributed by atoms with E-state index in [2.05, 4.69) is 20.1 Å². The SMILES string of the molecule is CC(C)n1ncnc1-c1cc(F)ccc1Oc1cncnc1Cl. The van der Waals surface area contributed by atoms with Gasteiger partial charge >= 0.3 is 0 Å². The van der Waals surface area contributed by atoms with Crippen molar-refractivity contribution < 1.29 is 9.13 Å². The Morgan fingerprint density at radius 2 is 2.00 bits per heavy atom. The first-order valence-electron chi connectivity index (χ1n) is 6.89. The maximum atomic E-state index is 13.7. The van der Waals surface area contributed by atoms with E-state index in [-0.39, 0.29) is 16.9 Å². The number of ether oxygens (including phenoxy) is 1. The maximum Gasteiger partial charge on any atom is 0.183 e. The Morgan fingerprint density at radius 1 is 1.17 bits per heavy atom. The molecule has 0 amide bonds. The third kappa shape index (κ3) is 3.14. The van der Waals surface area contributed by atoms with Crippen LogP contribution in [0.25, 0.3) is 11.4 Å². The molecule has 2 aromatic heterocycles. The molecule has 0 spiro atoms. The molecule has 0 N–H and O–H groups in total. The summed E-state index contributed by atoms with van der Waals surface area (Å²) in [6.07, 6.45) is 4.18. The molecule has 2 heterocycles. The molecule has 6 nitrogen and oxygen atoms in total.